The highest BCUT2D eigenvalue weighted by Crippen LogP contribution is 2.40. The Labute approximate surface area is 230 Å². The average Bonchev–Trinajstić information content (AvgIpc) is 3.25. The zero-order valence-corrected chi connectivity index (χ0v) is 22.7. The standard InChI is InChI=1S/C30H27ClFN5O2/c1-16-10-11-33-30(35-16)39-21-8-9-22(25(31)12-21)23-13-24-27(14-26(23)32)34-15-28-29(24)37(18(3)36-28)20-6-4-19(5-7-20)17(2)38/h8-15,19-20H,4-7H2,1-3H3. The van der Waals surface area contributed by atoms with Crippen molar-refractivity contribution in [1.82, 2.24) is 24.5 Å². The summed E-state index contributed by atoms with van der Waals surface area (Å²) < 4.78 is 23.5. The van der Waals surface area contributed by atoms with Gasteiger partial charge in [0.1, 0.15) is 28.7 Å². The molecule has 1 saturated carbocycles. The van der Waals surface area contributed by atoms with Gasteiger partial charge in [0.05, 0.1) is 22.3 Å². The SMILES string of the molecule is CC(=O)C1CCC(n2c(C)nc3cnc4cc(F)c(-c5ccc(Oc6nccc(C)n6)cc5Cl)cc4c32)CC1. The molecule has 2 aromatic carbocycles. The minimum Gasteiger partial charge on any atom is -0.424 e. The molecule has 0 N–H and O–H groups in total. The Hall–Kier alpha value is -3.91. The van der Waals surface area contributed by atoms with Crippen molar-refractivity contribution in [3.05, 3.63) is 71.2 Å². The van der Waals surface area contributed by atoms with E-state index in [2.05, 4.69) is 19.5 Å². The third-order valence-electron chi connectivity index (χ3n) is 7.63. The Kier molecular flexibility index (Phi) is 6.51. The van der Waals surface area contributed by atoms with E-state index in [4.69, 9.17) is 21.3 Å². The third-order valence-corrected chi connectivity index (χ3v) is 7.94. The summed E-state index contributed by atoms with van der Waals surface area (Å²) in [5, 5.41) is 1.15. The van der Waals surface area contributed by atoms with E-state index in [0.29, 0.717) is 27.4 Å². The van der Waals surface area contributed by atoms with E-state index >= 15 is 4.39 Å². The van der Waals surface area contributed by atoms with Gasteiger partial charge in [-0.05, 0) is 70.7 Å². The number of benzene rings is 2. The number of aryl methyl sites for hydroxylation is 2. The van der Waals surface area contributed by atoms with E-state index in [0.717, 1.165) is 53.6 Å². The number of aromatic nitrogens is 5. The van der Waals surface area contributed by atoms with Gasteiger partial charge in [0.25, 0.3) is 0 Å². The van der Waals surface area contributed by atoms with Crippen molar-refractivity contribution in [2.75, 3.05) is 0 Å². The molecule has 39 heavy (non-hydrogen) atoms. The normalized spacial score (nSPS) is 17.6. The van der Waals surface area contributed by atoms with E-state index in [9.17, 15) is 4.79 Å². The number of halogens is 2. The van der Waals surface area contributed by atoms with Crippen molar-refractivity contribution in [1.29, 1.82) is 0 Å². The molecule has 1 fully saturated rings. The lowest BCUT2D eigenvalue weighted by Gasteiger charge is -2.29. The lowest BCUT2D eigenvalue weighted by atomic mass is 9.83. The summed E-state index contributed by atoms with van der Waals surface area (Å²) in [6, 6.07) is 10.6. The highest BCUT2D eigenvalue weighted by atomic mass is 35.5. The van der Waals surface area contributed by atoms with Gasteiger partial charge in [-0.25, -0.2) is 19.3 Å². The maximum atomic E-state index is 15.5. The largest absolute Gasteiger partial charge is 0.424 e. The monoisotopic (exact) mass is 543 g/mol. The number of Topliss-reactive ketones (excluding diaryl/α,β-unsaturated/α-hetero) is 1. The first-order valence-electron chi connectivity index (χ1n) is 13.0. The van der Waals surface area contributed by atoms with Crippen LogP contribution in [0, 0.1) is 25.6 Å². The summed E-state index contributed by atoms with van der Waals surface area (Å²) in [6.07, 6.45) is 6.83. The van der Waals surface area contributed by atoms with Gasteiger partial charge in [-0.3, -0.25) is 9.78 Å². The van der Waals surface area contributed by atoms with Gasteiger partial charge in [0.2, 0.25) is 0 Å². The van der Waals surface area contributed by atoms with Gasteiger partial charge in [0, 0.05) is 52.5 Å². The lowest BCUT2D eigenvalue weighted by Crippen LogP contribution is -2.22. The van der Waals surface area contributed by atoms with Crippen molar-refractivity contribution in [3.63, 3.8) is 0 Å². The minimum atomic E-state index is -0.420. The molecule has 1 aliphatic rings. The van der Waals surface area contributed by atoms with Crippen molar-refractivity contribution in [3.8, 4) is 22.9 Å². The number of imidazole rings is 1. The molecule has 0 amide bonds. The maximum Gasteiger partial charge on any atom is 0.322 e. The van der Waals surface area contributed by atoms with Gasteiger partial charge >= 0.3 is 6.01 Å². The Morgan fingerprint density at radius 2 is 1.79 bits per heavy atom. The maximum absolute atomic E-state index is 15.5. The van der Waals surface area contributed by atoms with Crippen LogP contribution in [0.3, 0.4) is 0 Å². The molecule has 3 aromatic heterocycles. The molecule has 7 nitrogen and oxygen atoms in total. The van der Waals surface area contributed by atoms with E-state index in [-0.39, 0.29) is 23.8 Å². The third kappa shape index (κ3) is 4.74. The summed E-state index contributed by atoms with van der Waals surface area (Å²) in [6.45, 7) is 5.52. The Bertz CT molecular complexity index is 1740. The molecule has 0 saturated heterocycles. The second-order valence-electron chi connectivity index (χ2n) is 10.2. The summed E-state index contributed by atoms with van der Waals surface area (Å²) >= 11 is 6.65. The number of rotatable bonds is 5. The molecule has 0 radical (unpaired) electrons. The van der Waals surface area contributed by atoms with Gasteiger partial charge in [-0.1, -0.05) is 11.6 Å². The van der Waals surface area contributed by atoms with Crippen LogP contribution in [0.1, 0.15) is 50.2 Å². The molecule has 9 heteroatoms. The lowest BCUT2D eigenvalue weighted by molar-refractivity contribution is -0.121. The van der Waals surface area contributed by atoms with Crippen LogP contribution in [-0.2, 0) is 4.79 Å². The first kappa shape index (κ1) is 25.4. The molecular weight excluding hydrogens is 517 g/mol. The number of hydrogen-bond donors (Lipinski definition) is 0. The molecule has 6 rings (SSSR count). The summed E-state index contributed by atoms with van der Waals surface area (Å²) in [5.41, 5.74) is 3.93. The van der Waals surface area contributed by atoms with Gasteiger partial charge in [0.15, 0.2) is 0 Å². The molecule has 0 aliphatic heterocycles. The van der Waals surface area contributed by atoms with Crippen LogP contribution in [0.25, 0.3) is 33.1 Å². The number of ether oxygens (including phenoxy) is 1. The van der Waals surface area contributed by atoms with Crippen molar-refractivity contribution in [2.45, 2.75) is 52.5 Å². The van der Waals surface area contributed by atoms with Crippen molar-refractivity contribution in [2.24, 2.45) is 5.92 Å². The molecule has 198 valence electrons. The summed E-state index contributed by atoms with van der Waals surface area (Å²) in [4.78, 5) is 29.6. The van der Waals surface area contributed by atoms with Crippen molar-refractivity contribution >= 4 is 39.3 Å². The van der Waals surface area contributed by atoms with Gasteiger partial charge in [-0.15, -0.1) is 0 Å². The van der Waals surface area contributed by atoms with Crippen LogP contribution in [0.5, 0.6) is 11.8 Å². The Morgan fingerprint density at radius 3 is 2.51 bits per heavy atom. The fourth-order valence-corrected chi connectivity index (χ4v) is 5.94. The first-order valence-corrected chi connectivity index (χ1v) is 13.4. The zero-order chi connectivity index (χ0) is 27.3. The fourth-order valence-electron chi connectivity index (χ4n) is 5.67. The van der Waals surface area contributed by atoms with Crippen LogP contribution in [0.15, 0.2) is 48.8 Å². The van der Waals surface area contributed by atoms with E-state index in [1.165, 1.54) is 6.07 Å². The number of hydrogen-bond acceptors (Lipinski definition) is 6. The number of nitrogens with zero attached hydrogens (tertiary/aromatic N) is 5. The average molecular weight is 544 g/mol. The minimum absolute atomic E-state index is 0.127. The van der Waals surface area contributed by atoms with Crippen LogP contribution in [0.2, 0.25) is 5.02 Å². The van der Waals surface area contributed by atoms with Crippen LogP contribution >= 0.6 is 11.6 Å². The van der Waals surface area contributed by atoms with Gasteiger partial charge in [-0.2, -0.15) is 0 Å². The van der Waals surface area contributed by atoms with Crippen LogP contribution in [0.4, 0.5) is 4.39 Å². The van der Waals surface area contributed by atoms with Crippen molar-refractivity contribution < 1.29 is 13.9 Å². The molecule has 1 aliphatic carbocycles. The fraction of sp³-hybridized carbons (Fsp3) is 0.300. The predicted octanol–water partition coefficient (Wildman–Crippen LogP) is 7.56. The molecule has 0 spiro atoms. The number of pyridine rings is 1. The first-order chi connectivity index (χ1) is 18.8. The quantitative estimate of drug-likeness (QED) is 0.227. The van der Waals surface area contributed by atoms with Crippen LogP contribution in [-0.4, -0.2) is 30.3 Å². The second-order valence-corrected chi connectivity index (χ2v) is 10.6. The predicted molar refractivity (Wildman–Crippen MR) is 149 cm³/mol. The smallest absolute Gasteiger partial charge is 0.322 e. The molecular formula is C30H27ClFN5O2. The second kappa shape index (κ2) is 10.0. The molecule has 5 aromatic rings. The summed E-state index contributed by atoms with van der Waals surface area (Å²) in [5.74, 6) is 1.30. The topological polar surface area (TPSA) is 82.8 Å². The zero-order valence-electron chi connectivity index (χ0n) is 21.9. The Morgan fingerprint density at radius 1 is 1.00 bits per heavy atom. The number of carbonyl (C=O) groups excluding carboxylic acids is 1. The highest BCUT2D eigenvalue weighted by molar-refractivity contribution is 6.33. The highest BCUT2D eigenvalue weighted by Gasteiger charge is 2.28. The number of fused-ring (bicyclic) bond motifs is 3. The molecule has 0 unspecified atom stereocenters. The van der Waals surface area contributed by atoms with E-state index in [1.807, 2.05) is 19.9 Å². The van der Waals surface area contributed by atoms with E-state index in [1.54, 1.807) is 43.6 Å². The number of carbonyl (C=O) groups is 1. The Balaban J connectivity index is 1.42. The van der Waals surface area contributed by atoms with Gasteiger partial charge < -0.3 is 9.30 Å². The summed E-state index contributed by atoms with van der Waals surface area (Å²) in [7, 11) is 0. The number of ketones is 1. The molecule has 0 atom stereocenters. The molecule has 0 bridgehead atoms. The van der Waals surface area contributed by atoms with Crippen LogP contribution < -0.4 is 4.74 Å². The van der Waals surface area contributed by atoms with E-state index < -0.39 is 5.82 Å². The molecule has 3 heterocycles.